The molecule has 0 unspecified atom stereocenters. The molecule has 3 rings (SSSR count). The number of rotatable bonds is 4. The van der Waals surface area contributed by atoms with E-state index in [0.717, 1.165) is 37.5 Å². The number of hydrogen-bond donors (Lipinski definition) is 1. The third kappa shape index (κ3) is 3.28. The van der Waals surface area contributed by atoms with E-state index >= 15 is 0 Å². The first kappa shape index (κ1) is 14.4. The average Bonchev–Trinajstić information content (AvgIpc) is 3.10. The molecule has 4 heteroatoms. The number of carbonyl (C=O) groups is 1. The van der Waals surface area contributed by atoms with Crippen LogP contribution in [0.5, 0.6) is 0 Å². The van der Waals surface area contributed by atoms with Crippen molar-refractivity contribution in [1.29, 1.82) is 0 Å². The van der Waals surface area contributed by atoms with E-state index in [0.29, 0.717) is 0 Å². The van der Waals surface area contributed by atoms with Gasteiger partial charge in [-0.2, -0.15) is 0 Å². The largest absolute Gasteiger partial charge is 0.342 e. The number of benzene rings is 1. The van der Waals surface area contributed by atoms with Crippen LogP contribution in [-0.2, 0) is 13.1 Å². The molecule has 1 aliphatic heterocycles. The van der Waals surface area contributed by atoms with E-state index in [4.69, 9.17) is 0 Å². The standard InChI is InChI=1S/C15H20N2O.ClH/c1-17(7-6-11-2-3-11)15(18)12-4-5-13-9-16-10-14(13)8-12;/h4-5,8,11,16H,2-3,6-7,9-10H2,1H3;1H. The zero-order valence-corrected chi connectivity index (χ0v) is 12.1. The Balaban J connectivity index is 0.00000133. The monoisotopic (exact) mass is 280 g/mol. The summed E-state index contributed by atoms with van der Waals surface area (Å²) in [5.41, 5.74) is 3.43. The second-order valence-corrected chi connectivity index (χ2v) is 5.55. The molecule has 2 aliphatic rings. The lowest BCUT2D eigenvalue weighted by molar-refractivity contribution is 0.0791. The number of amides is 1. The first-order chi connectivity index (χ1) is 8.74. The highest BCUT2D eigenvalue weighted by Crippen LogP contribution is 2.32. The quantitative estimate of drug-likeness (QED) is 0.919. The van der Waals surface area contributed by atoms with Crippen LogP contribution in [-0.4, -0.2) is 24.4 Å². The fourth-order valence-electron chi connectivity index (χ4n) is 2.53. The van der Waals surface area contributed by atoms with Gasteiger partial charge in [-0.15, -0.1) is 12.4 Å². The molecular formula is C15H21ClN2O. The zero-order valence-electron chi connectivity index (χ0n) is 11.3. The minimum Gasteiger partial charge on any atom is -0.342 e. The molecule has 1 N–H and O–H groups in total. The summed E-state index contributed by atoms with van der Waals surface area (Å²) in [6.07, 6.45) is 3.87. The number of nitrogens with one attached hydrogen (secondary N) is 1. The van der Waals surface area contributed by atoms with E-state index in [-0.39, 0.29) is 18.3 Å². The Morgan fingerprint density at radius 2 is 2.05 bits per heavy atom. The molecular weight excluding hydrogens is 260 g/mol. The molecule has 3 nitrogen and oxygen atoms in total. The molecule has 1 aliphatic carbocycles. The van der Waals surface area contributed by atoms with Gasteiger partial charge in [0.25, 0.3) is 5.91 Å². The summed E-state index contributed by atoms with van der Waals surface area (Å²) in [7, 11) is 1.91. The minimum atomic E-state index is 0. The van der Waals surface area contributed by atoms with Gasteiger partial charge in [-0.3, -0.25) is 4.79 Å². The van der Waals surface area contributed by atoms with Crippen LogP contribution in [0.15, 0.2) is 18.2 Å². The minimum absolute atomic E-state index is 0. The van der Waals surface area contributed by atoms with Crippen molar-refractivity contribution in [3.8, 4) is 0 Å². The molecule has 0 saturated heterocycles. The van der Waals surface area contributed by atoms with Crippen molar-refractivity contribution in [3.63, 3.8) is 0 Å². The fraction of sp³-hybridized carbons (Fsp3) is 0.533. The number of carbonyl (C=O) groups excluding carboxylic acids is 1. The van der Waals surface area contributed by atoms with Crippen LogP contribution in [0.3, 0.4) is 0 Å². The van der Waals surface area contributed by atoms with Crippen LogP contribution in [0.25, 0.3) is 0 Å². The smallest absolute Gasteiger partial charge is 0.253 e. The van der Waals surface area contributed by atoms with Crippen LogP contribution in [0.4, 0.5) is 0 Å². The van der Waals surface area contributed by atoms with Gasteiger partial charge in [0.15, 0.2) is 0 Å². The molecule has 1 aromatic rings. The highest BCUT2D eigenvalue weighted by molar-refractivity contribution is 5.94. The molecule has 0 atom stereocenters. The van der Waals surface area contributed by atoms with Gasteiger partial charge in [0.1, 0.15) is 0 Å². The van der Waals surface area contributed by atoms with Crippen molar-refractivity contribution in [3.05, 3.63) is 34.9 Å². The molecule has 0 bridgehead atoms. The lowest BCUT2D eigenvalue weighted by atomic mass is 10.1. The van der Waals surface area contributed by atoms with Crippen LogP contribution in [0, 0.1) is 5.92 Å². The number of halogens is 1. The summed E-state index contributed by atoms with van der Waals surface area (Å²) in [4.78, 5) is 14.1. The van der Waals surface area contributed by atoms with Crippen LogP contribution < -0.4 is 5.32 Å². The predicted molar refractivity (Wildman–Crippen MR) is 78.5 cm³/mol. The number of nitrogens with zero attached hydrogens (tertiary/aromatic N) is 1. The Hall–Kier alpha value is -1.06. The predicted octanol–water partition coefficient (Wildman–Crippen LogP) is 2.58. The van der Waals surface area contributed by atoms with Crippen molar-refractivity contribution < 1.29 is 4.79 Å². The molecule has 1 amide bonds. The topological polar surface area (TPSA) is 32.3 Å². The van der Waals surface area contributed by atoms with Gasteiger partial charge in [0, 0.05) is 32.2 Å². The Bertz CT molecular complexity index is 471. The third-order valence-electron chi connectivity index (χ3n) is 4.00. The van der Waals surface area contributed by atoms with Crippen LogP contribution in [0.1, 0.15) is 40.7 Å². The van der Waals surface area contributed by atoms with Gasteiger partial charge in [-0.05, 0) is 35.6 Å². The first-order valence-corrected chi connectivity index (χ1v) is 6.82. The Labute approximate surface area is 120 Å². The van der Waals surface area contributed by atoms with Crippen molar-refractivity contribution in [1.82, 2.24) is 10.2 Å². The fourth-order valence-corrected chi connectivity index (χ4v) is 2.53. The maximum atomic E-state index is 12.3. The maximum absolute atomic E-state index is 12.3. The maximum Gasteiger partial charge on any atom is 0.253 e. The van der Waals surface area contributed by atoms with Crippen LogP contribution in [0.2, 0.25) is 0 Å². The Morgan fingerprint density at radius 1 is 1.32 bits per heavy atom. The number of hydrogen-bond acceptors (Lipinski definition) is 2. The molecule has 0 spiro atoms. The third-order valence-corrected chi connectivity index (χ3v) is 4.00. The molecule has 1 saturated carbocycles. The average molecular weight is 281 g/mol. The van der Waals surface area contributed by atoms with Crippen LogP contribution >= 0.6 is 12.4 Å². The Kier molecular flexibility index (Phi) is 4.48. The van der Waals surface area contributed by atoms with Crippen molar-refractivity contribution in [2.75, 3.05) is 13.6 Å². The van der Waals surface area contributed by atoms with Gasteiger partial charge >= 0.3 is 0 Å². The van der Waals surface area contributed by atoms with E-state index in [1.54, 1.807) is 0 Å². The summed E-state index contributed by atoms with van der Waals surface area (Å²) >= 11 is 0. The highest BCUT2D eigenvalue weighted by Gasteiger charge is 2.23. The highest BCUT2D eigenvalue weighted by atomic mass is 35.5. The van der Waals surface area contributed by atoms with Gasteiger partial charge in [0.05, 0.1) is 0 Å². The van der Waals surface area contributed by atoms with E-state index in [1.165, 1.54) is 24.0 Å². The normalized spacial score (nSPS) is 16.7. The van der Waals surface area contributed by atoms with Gasteiger partial charge in [0.2, 0.25) is 0 Å². The summed E-state index contributed by atoms with van der Waals surface area (Å²) in [6.45, 7) is 2.71. The van der Waals surface area contributed by atoms with Crippen molar-refractivity contribution in [2.45, 2.75) is 32.4 Å². The van der Waals surface area contributed by atoms with Gasteiger partial charge in [-0.25, -0.2) is 0 Å². The summed E-state index contributed by atoms with van der Waals surface area (Å²) in [5.74, 6) is 1.04. The van der Waals surface area contributed by atoms with Gasteiger partial charge in [-0.1, -0.05) is 18.9 Å². The molecule has 0 radical (unpaired) electrons. The van der Waals surface area contributed by atoms with Gasteiger partial charge < -0.3 is 10.2 Å². The summed E-state index contributed by atoms with van der Waals surface area (Å²) in [6, 6.07) is 6.09. The first-order valence-electron chi connectivity index (χ1n) is 6.82. The van der Waals surface area contributed by atoms with E-state index in [9.17, 15) is 4.79 Å². The molecule has 1 heterocycles. The summed E-state index contributed by atoms with van der Waals surface area (Å²) < 4.78 is 0. The lowest BCUT2D eigenvalue weighted by Gasteiger charge is -2.17. The van der Waals surface area contributed by atoms with E-state index < -0.39 is 0 Å². The van der Waals surface area contributed by atoms with Crippen molar-refractivity contribution in [2.24, 2.45) is 5.92 Å². The second-order valence-electron chi connectivity index (χ2n) is 5.55. The molecule has 19 heavy (non-hydrogen) atoms. The summed E-state index contributed by atoms with van der Waals surface area (Å²) in [5, 5.41) is 3.31. The molecule has 104 valence electrons. The van der Waals surface area contributed by atoms with Crippen molar-refractivity contribution >= 4 is 18.3 Å². The lowest BCUT2D eigenvalue weighted by Crippen LogP contribution is -2.28. The zero-order chi connectivity index (χ0) is 12.5. The molecule has 1 aromatic carbocycles. The number of fused-ring (bicyclic) bond motifs is 1. The Morgan fingerprint density at radius 3 is 2.79 bits per heavy atom. The van der Waals surface area contributed by atoms with E-state index in [1.807, 2.05) is 24.1 Å². The van der Waals surface area contributed by atoms with E-state index in [2.05, 4.69) is 11.4 Å². The second kappa shape index (κ2) is 5.93. The SMILES string of the molecule is CN(CCC1CC1)C(=O)c1ccc2c(c1)CNC2.Cl. The molecule has 0 aromatic heterocycles. The molecule has 1 fully saturated rings.